The van der Waals surface area contributed by atoms with Gasteiger partial charge in [-0.1, -0.05) is 0 Å². The van der Waals surface area contributed by atoms with Crippen LogP contribution in [0, 0.1) is 13.8 Å². The smallest absolute Gasteiger partial charge is 0.194 e. The standard InChI is InChI=1S/C18H18N2O2S2/c1-11-10-20-14(12(2)19-18(20)24-11)6-7-15(21)13-5-8-17(23-4)16(9-13)22-3/h5-10H,1-4H3. The number of allylic oxidation sites excluding steroid dienone is 1. The van der Waals surface area contributed by atoms with E-state index in [4.69, 9.17) is 4.74 Å². The van der Waals surface area contributed by atoms with Crippen LogP contribution >= 0.6 is 23.1 Å². The first kappa shape index (κ1) is 16.8. The van der Waals surface area contributed by atoms with Crippen LogP contribution in [-0.4, -0.2) is 28.5 Å². The topological polar surface area (TPSA) is 43.6 Å². The number of hydrogen-bond acceptors (Lipinski definition) is 5. The third kappa shape index (κ3) is 3.12. The van der Waals surface area contributed by atoms with Gasteiger partial charge in [0.2, 0.25) is 0 Å². The monoisotopic (exact) mass is 358 g/mol. The summed E-state index contributed by atoms with van der Waals surface area (Å²) >= 11 is 3.23. The molecule has 0 fully saturated rings. The lowest BCUT2D eigenvalue weighted by molar-refractivity contribution is 0.104. The number of rotatable bonds is 5. The minimum atomic E-state index is -0.0535. The molecule has 0 saturated heterocycles. The average Bonchev–Trinajstić information content (AvgIpc) is 3.06. The number of carbonyl (C=O) groups excluding carboxylic acids is 1. The Bertz CT molecular complexity index is 938. The molecular weight excluding hydrogens is 340 g/mol. The molecule has 0 aliphatic carbocycles. The molecule has 3 aromatic rings. The Morgan fingerprint density at radius 3 is 2.88 bits per heavy atom. The number of ether oxygens (including phenoxy) is 1. The van der Waals surface area contributed by atoms with Crippen LogP contribution in [-0.2, 0) is 0 Å². The lowest BCUT2D eigenvalue weighted by Gasteiger charge is -2.07. The number of benzene rings is 1. The molecular formula is C18H18N2O2S2. The van der Waals surface area contributed by atoms with Gasteiger partial charge in [0.1, 0.15) is 5.75 Å². The maximum absolute atomic E-state index is 12.5. The van der Waals surface area contributed by atoms with E-state index in [1.165, 1.54) is 4.88 Å². The van der Waals surface area contributed by atoms with Gasteiger partial charge in [-0.2, -0.15) is 0 Å². The molecule has 0 radical (unpaired) electrons. The number of imidazole rings is 1. The molecule has 0 aliphatic heterocycles. The van der Waals surface area contributed by atoms with Gasteiger partial charge >= 0.3 is 0 Å². The highest BCUT2D eigenvalue weighted by Gasteiger charge is 2.11. The van der Waals surface area contributed by atoms with Gasteiger partial charge in [0.25, 0.3) is 0 Å². The SMILES string of the molecule is COc1cc(C(=O)C=Cc2c(C)nc3sc(C)cn23)ccc1SC. The summed E-state index contributed by atoms with van der Waals surface area (Å²) in [6.45, 7) is 4.00. The van der Waals surface area contributed by atoms with E-state index < -0.39 is 0 Å². The molecule has 0 atom stereocenters. The number of thioether (sulfide) groups is 1. The molecule has 6 heteroatoms. The minimum absolute atomic E-state index is 0.0535. The fourth-order valence-electron chi connectivity index (χ4n) is 2.52. The number of ketones is 1. The average molecular weight is 358 g/mol. The van der Waals surface area contributed by atoms with Crippen molar-refractivity contribution in [2.75, 3.05) is 13.4 Å². The van der Waals surface area contributed by atoms with Crippen molar-refractivity contribution in [2.45, 2.75) is 18.7 Å². The number of carbonyl (C=O) groups is 1. The van der Waals surface area contributed by atoms with Crippen LogP contribution < -0.4 is 4.74 Å². The van der Waals surface area contributed by atoms with Crippen LogP contribution in [0.15, 0.2) is 35.4 Å². The highest BCUT2D eigenvalue weighted by molar-refractivity contribution is 7.98. The molecule has 2 aromatic heterocycles. The van der Waals surface area contributed by atoms with Crippen LogP contribution in [0.5, 0.6) is 5.75 Å². The molecule has 0 saturated carbocycles. The summed E-state index contributed by atoms with van der Waals surface area (Å²) in [6.07, 6.45) is 7.45. The van der Waals surface area contributed by atoms with Crippen molar-refractivity contribution < 1.29 is 9.53 Å². The first-order valence-electron chi connectivity index (χ1n) is 7.43. The number of thiazole rings is 1. The Kier molecular flexibility index (Phi) is 4.78. The van der Waals surface area contributed by atoms with Gasteiger partial charge in [-0.25, -0.2) is 4.98 Å². The van der Waals surface area contributed by atoms with E-state index in [0.717, 1.165) is 27.0 Å². The van der Waals surface area contributed by atoms with Crippen LogP contribution in [0.4, 0.5) is 0 Å². The van der Waals surface area contributed by atoms with Gasteiger partial charge in [-0.15, -0.1) is 23.1 Å². The second kappa shape index (κ2) is 6.83. The maximum Gasteiger partial charge on any atom is 0.194 e. The Labute approximate surface area is 149 Å². The van der Waals surface area contributed by atoms with E-state index in [0.29, 0.717) is 5.56 Å². The van der Waals surface area contributed by atoms with Crippen molar-refractivity contribution in [3.63, 3.8) is 0 Å². The van der Waals surface area contributed by atoms with Gasteiger partial charge in [0, 0.05) is 21.5 Å². The van der Waals surface area contributed by atoms with Crippen LogP contribution in [0.2, 0.25) is 0 Å². The van der Waals surface area contributed by atoms with E-state index in [9.17, 15) is 4.79 Å². The zero-order valence-corrected chi connectivity index (χ0v) is 15.6. The number of hydrogen-bond donors (Lipinski definition) is 0. The quantitative estimate of drug-likeness (QED) is 0.379. The highest BCUT2D eigenvalue weighted by Crippen LogP contribution is 2.28. The minimum Gasteiger partial charge on any atom is -0.496 e. The van der Waals surface area contributed by atoms with E-state index >= 15 is 0 Å². The van der Waals surface area contributed by atoms with Gasteiger partial charge in [-0.3, -0.25) is 9.20 Å². The number of aromatic nitrogens is 2. The molecule has 0 unspecified atom stereocenters. The Morgan fingerprint density at radius 1 is 1.38 bits per heavy atom. The first-order chi connectivity index (χ1) is 11.5. The van der Waals surface area contributed by atoms with Crippen LogP contribution in [0.3, 0.4) is 0 Å². The Hall–Kier alpha value is -2.05. The predicted molar refractivity (Wildman–Crippen MR) is 101 cm³/mol. The number of nitrogens with zero attached hydrogens (tertiary/aromatic N) is 2. The van der Waals surface area contributed by atoms with E-state index in [1.54, 1.807) is 42.4 Å². The van der Waals surface area contributed by atoms with E-state index in [-0.39, 0.29) is 5.78 Å². The summed E-state index contributed by atoms with van der Waals surface area (Å²) in [5, 5.41) is 0. The van der Waals surface area contributed by atoms with Gasteiger partial charge < -0.3 is 4.74 Å². The van der Waals surface area contributed by atoms with Crippen molar-refractivity contribution >= 4 is 39.9 Å². The molecule has 3 rings (SSSR count). The Morgan fingerprint density at radius 2 is 2.17 bits per heavy atom. The fraction of sp³-hybridized carbons (Fsp3) is 0.222. The fourth-order valence-corrected chi connectivity index (χ4v) is 3.95. The van der Waals surface area contributed by atoms with E-state index in [2.05, 4.69) is 4.98 Å². The molecule has 0 spiro atoms. The number of methoxy groups -OCH3 is 1. The number of aryl methyl sites for hydroxylation is 2. The summed E-state index contributed by atoms with van der Waals surface area (Å²) in [5.41, 5.74) is 2.47. The van der Waals surface area contributed by atoms with Gasteiger partial charge in [0.15, 0.2) is 10.7 Å². The third-order valence-electron chi connectivity index (χ3n) is 3.72. The zero-order valence-electron chi connectivity index (χ0n) is 14.0. The van der Waals surface area contributed by atoms with Gasteiger partial charge in [-0.05, 0) is 50.5 Å². The summed E-state index contributed by atoms with van der Waals surface area (Å²) in [4.78, 5) is 20.2. The summed E-state index contributed by atoms with van der Waals surface area (Å²) in [7, 11) is 1.62. The normalized spacial score (nSPS) is 11.5. The maximum atomic E-state index is 12.5. The number of fused-ring (bicyclic) bond motifs is 1. The zero-order chi connectivity index (χ0) is 17.3. The Balaban J connectivity index is 1.91. The lowest BCUT2D eigenvalue weighted by Crippen LogP contribution is -1.97. The molecule has 0 N–H and O–H groups in total. The molecule has 124 valence electrons. The van der Waals surface area contributed by atoms with Crippen molar-refractivity contribution in [2.24, 2.45) is 0 Å². The lowest BCUT2D eigenvalue weighted by atomic mass is 10.1. The molecule has 2 heterocycles. The highest BCUT2D eigenvalue weighted by atomic mass is 32.2. The second-order valence-electron chi connectivity index (χ2n) is 5.34. The molecule has 0 amide bonds. The second-order valence-corrected chi connectivity index (χ2v) is 7.41. The molecule has 4 nitrogen and oxygen atoms in total. The van der Waals surface area contributed by atoms with E-state index in [1.807, 2.05) is 48.9 Å². The third-order valence-corrected chi connectivity index (χ3v) is 5.40. The summed E-state index contributed by atoms with van der Waals surface area (Å²) < 4.78 is 7.37. The largest absolute Gasteiger partial charge is 0.496 e. The molecule has 24 heavy (non-hydrogen) atoms. The predicted octanol–water partition coefficient (Wildman–Crippen LogP) is 4.64. The summed E-state index contributed by atoms with van der Waals surface area (Å²) in [5.74, 6) is 0.667. The van der Waals surface area contributed by atoms with Crippen LogP contribution in [0.1, 0.15) is 26.6 Å². The van der Waals surface area contributed by atoms with Crippen LogP contribution in [0.25, 0.3) is 11.0 Å². The molecule has 0 bridgehead atoms. The van der Waals surface area contributed by atoms with Crippen molar-refractivity contribution in [3.8, 4) is 5.75 Å². The molecule has 0 aliphatic rings. The molecule has 1 aromatic carbocycles. The van der Waals surface area contributed by atoms with Crippen molar-refractivity contribution in [1.82, 2.24) is 9.38 Å². The van der Waals surface area contributed by atoms with Gasteiger partial charge in [0.05, 0.1) is 18.5 Å². The van der Waals surface area contributed by atoms with Crippen molar-refractivity contribution in [1.29, 1.82) is 0 Å². The summed E-state index contributed by atoms with van der Waals surface area (Å²) in [6, 6.07) is 5.52. The van der Waals surface area contributed by atoms with Crippen molar-refractivity contribution in [3.05, 3.63) is 52.3 Å². The first-order valence-corrected chi connectivity index (χ1v) is 9.47.